The largest absolute Gasteiger partial charge is 0.510 e. The van der Waals surface area contributed by atoms with Crippen molar-refractivity contribution in [1.82, 2.24) is 16.0 Å². The third-order valence-corrected chi connectivity index (χ3v) is 9.99. The first-order valence-electron chi connectivity index (χ1n) is 18.1. The van der Waals surface area contributed by atoms with Crippen LogP contribution < -0.4 is 27.4 Å². The van der Waals surface area contributed by atoms with E-state index >= 15 is 0 Å². The van der Waals surface area contributed by atoms with Crippen LogP contribution in [0.1, 0.15) is 67.2 Å². The topological polar surface area (TPSA) is 300 Å². The maximum absolute atomic E-state index is 12.3. The molecule has 0 radical (unpaired) electrons. The molecule has 1 saturated heterocycles. The number of likely N-dealkylation sites (N-methyl/N-ethyl adjacent to an activating group) is 1. The molecule has 14 N–H and O–H groups in total. The van der Waals surface area contributed by atoms with Gasteiger partial charge < -0.3 is 77.0 Å². The number of aliphatic imine (C=N–C) groups is 1. The smallest absolute Gasteiger partial charge is 0.193 e. The zero-order valence-electron chi connectivity index (χ0n) is 32.1. The highest BCUT2D eigenvalue weighted by atomic mass is 16.8. The Bertz CT molecular complexity index is 1450. The molecule has 3 rings (SSSR count). The van der Waals surface area contributed by atoms with Gasteiger partial charge in [-0.3, -0.25) is 10.2 Å². The van der Waals surface area contributed by atoms with Gasteiger partial charge in [0.05, 0.1) is 18.8 Å². The second-order valence-corrected chi connectivity index (χ2v) is 14.4. The molecule has 13 unspecified atom stereocenters. The third kappa shape index (κ3) is 10.9. The van der Waals surface area contributed by atoms with Crippen molar-refractivity contribution in [3.05, 3.63) is 46.4 Å². The number of carbonyl (C=O) groups excluding carboxylic acids is 1. The van der Waals surface area contributed by atoms with E-state index in [1.807, 2.05) is 6.92 Å². The summed E-state index contributed by atoms with van der Waals surface area (Å²) in [5.74, 6) is -0.981. The number of aliphatic hydroxyl groups excluding tert-OH is 5. The van der Waals surface area contributed by atoms with Gasteiger partial charge in [-0.2, -0.15) is 0 Å². The number of guanidine groups is 2. The fraction of sp³-hybridized carbons (Fsp3) is 0.694. The molecule has 0 bridgehead atoms. The maximum Gasteiger partial charge on any atom is 0.193 e. The predicted octanol–water partition coefficient (Wildman–Crippen LogP) is -0.834. The lowest BCUT2D eigenvalue weighted by Crippen LogP contribution is -2.70. The van der Waals surface area contributed by atoms with E-state index in [9.17, 15) is 35.4 Å². The van der Waals surface area contributed by atoms with Gasteiger partial charge >= 0.3 is 0 Å². The van der Waals surface area contributed by atoms with Gasteiger partial charge in [0.2, 0.25) is 0 Å². The molecule has 54 heavy (non-hydrogen) atoms. The summed E-state index contributed by atoms with van der Waals surface area (Å²) in [6.07, 6.45) is -4.07. The minimum Gasteiger partial charge on any atom is -0.510 e. The summed E-state index contributed by atoms with van der Waals surface area (Å²) in [6.45, 7) is 10.6. The number of ether oxygens (including phenoxy) is 4. The van der Waals surface area contributed by atoms with Crippen molar-refractivity contribution in [2.24, 2.45) is 16.5 Å². The molecular formula is C36H61N7O11. The van der Waals surface area contributed by atoms with E-state index in [0.29, 0.717) is 5.57 Å². The number of nitrogens with two attached hydrogens (primary N) is 2. The first-order valence-corrected chi connectivity index (χ1v) is 18.1. The Balaban J connectivity index is 1.80. The number of nitrogens with one attached hydrogen (secondary N) is 4. The zero-order valence-corrected chi connectivity index (χ0v) is 32.1. The molecule has 0 aromatic carbocycles. The van der Waals surface area contributed by atoms with E-state index in [1.54, 1.807) is 13.1 Å². The van der Waals surface area contributed by atoms with Crippen LogP contribution in [0.3, 0.4) is 0 Å². The first kappa shape index (κ1) is 45.0. The molecule has 0 aromatic rings. The minimum absolute atomic E-state index is 0.170. The van der Waals surface area contributed by atoms with Crippen molar-refractivity contribution < 1.29 is 54.4 Å². The number of hydrogen-bond acceptors (Lipinski definition) is 14. The van der Waals surface area contributed by atoms with Crippen LogP contribution in [0.4, 0.5) is 0 Å². The van der Waals surface area contributed by atoms with Crippen LogP contribution in [-0.2, 0) is 23.7 Å². The zero-order chi connectivity index (χ0) is 40.5. The highest BCUT2D eigenvalue weighted by Gasteiger charge is 2.60. The van der Waals surface area contributed by atoms with Gasteiger partial charge in [-0.05, 0) is 79.8 Å². The number of rotatable bonds is 16. The minimum atomic E-state index is -2.35. The van der Waals surface area contributed by atoms with E-state index in [4.69, 9.17) is 35.8 Å². The summed E-state index contributed by atoms with van der Waals surface area (Å²) >= 11 is 0. The van der Waals surface area contributed by atoms with E-state index in [-0.39, 0.29) is 18.0 Å². The van der Waals surface area contributed by atoms with Crippen LogP contribution in [0.2, 0.25) is 0 Å². The molecule has 3 aliphatic rings. The Kier molecular flexibility index (Phi) is 16.6. The Labute approximate surface area is 316 Å². The molecule has 18 heteroatoms. The molecule has 1 saturated carbocycles. The summed E-state index contributed by atoms with van der Waals surface area (Å²) < 4.78 is 23.7. The second kappa shape index (κ2) is 19.9. The molecule has 1 aliphatic carbocycles. The molecule has 2 aliphatic heterocycles. The van der Waals surface area contributed by atoms with Crippen LogP contribution in [0.25, 0.3) is 0 Å². The van der Waals surface area contributed by atoms with Gasteiger partial charge in [-0.25, -0.2) is 4.99 Å². The quantitative estimate of drug-likeness (QED) is 0.0395. The van der Waals surface area contributed by atoms with Gasteiger partial charge in [-0.15, -0.1) is 0 Å². The van der Waals surface area contributed by atoms with Crippen LogP contribution in [0, 0.1) is 5.41 Å². The van der Waals surface area contributed by atoms with Crippen LogP contribution in [0.5, 0.6) is 0 Å². The Morgan fingerprint density at radius 1 is 1.00 bits per heavy atom. The van der Waals surface area contributed by atoms with E-state index in [2.05, 4.69) is 53.9 Å². The number of carbonyl (C=O) groups is 1. The van der Waals surface area contributed by atoms with Crippen molar-refractivity contribution in [2.45, 2.75) is 146 Å². The SMILES string of the molecule is CNC1C(O)=C(C)C(CO)OC1OC1C(OC2C(O)C(O)C(N=C(N)N/C=C(\C)CC/C=C(\C)CCC=C(C)C)C(O)C2NC(=N)N)OC(C)C1(O)C=O. The van der Waals surface area contributed by atoms with Crippen molar-refractivity contribution in [3.8, 4) is 0 Å². The van der Waals surface area contributed by atoms with Gasteiger partial charge in [0.1, 0.15) is 54.5 Å². The third-order valence-electron chi connectivity index (χ3n) is 9.99. The predicted molar refractivity (Wildman–Crippen MR) is 200 cm³/mol. The highest BCUT2D eigenvalue weighted by Crippen LogP contribution is 2.38. The highest BCUT2D eigenvalue weighted by molar-refractivity contribution is 5.79. The standard InChI is InChI=1S/C36H61N7O11/c1-17(2)10-8-11-18(3)12-9-13-19(4)14-41-35(39)43-23-27(47)24(42-34(37)38)30(29(49)28(23)48)53-33-31(36(50,16-45)21(6)51-33)54-32-25(40-7)26(46)20(5)22(15-44)52-32/h10,12,14,16,21-25,27-33,40,44,46-50H,8-9,11,13,15H2,1-7H3,(H4,37,38,42)(H3,39,41,43)/b18-12+,19-14+. The molecule has 18 nitrogen and oxygen atoms in total. The van der Waals surface area contributed by atoms with Crippen molar-refractivity contribution in [1.29, 1.82) is 5.41 Å². The van der Waals surface area contributed by atoms with Gasteiger partial charge in [-0.1, -0.05) is 28.9 Å². The van der Waals surface area contributed by atoms with Crippen LogP contribution >= 0.6 is 0 Å². The molecule has 0 amide bonds. The van der Waals surface area contributed by atoms with Gasteiger partial charge in [0.25, 0.3) is 0 Å². The number of hydrogen-bond donors (Lipinski definition) is 12. The average molecular weight is 768 g/mol. The fourth-order valence-electron chi connectivity index (χ4n) is 6.60. The lowest BCUT2D eigenvalue weighted by Gasteiger charge is -2.46. The maximum atomic E-state index is 12.3. The number of aliphatic hydroxyl groups is 6. The number of nitrogens with zero attached hydrogens (tertiary/aromatic N) is 1. The average Bonchev–Trinajstić information content (AvgIpc) is 3.35. The Morgan fingerprint density at radius 3 is 2.24 bits per heavy atom. The van der Waals surface area contributed by atoms with E-state index in [1.165, 1.54) is 25.1 Å². The molecule has 2 heterocycles. The van der Waals surface area contributed by atoms with Crippen molar-refractivity contribution in [2.75, 3.05) is 13.7 Å². The monoisotopic (exact) mass is 767 g/mol. The molecule has 306 valence electrons. The summed E-state index contributed by atoms with van der Waals surface area (Å²) in [7, 11) is 1.51. The summed E-state index contributed by atoms with van der Waals surface area (Å²) in [6, 6.07) is -3.86. The summed E-state index contributed by atoms with van der Waals surface area (Å²) in [5.41, 5.74) is 13.3. The van der Waals surface area contributed by atoms with Crippen molar-refractivity contribution in [3.63, 3.8) is 0 Å². The van der Waals surface area contributed by atoms with E-state index in [0.717, 1.165) is 31.3 Å². The molecule has 0 spiro atoms. The molecule has 2 fully saturated rings. The second-order valence-electron chi connectivity index (χ2n) is 14.4. The van der Waals surface area contributed by atoms with Crippen molar-refractivity contribution >= 4 is 18.2 Å². The first-order chi connectivity index (χ1) is 25.4. The molecule has 13 atom stereocenters. The fourth-order valence-corrected chi connectivity index (χ4v) is 6.60. The lowest BCUT2D eigenvalue weighted by molar-refractivity contribution is -0.285. The number of allylic oxidation sites excluding steroid dienone is 5. The van der Waals surface area contributed by atoms with Gasteiger partial charge in [0.15, 0.2) is 36.4 Å². The van der Waals surface area contributed by atoms with E-state index < -0.39 is 91.6 Å². The normalized spacial score (nSPS) is 36.6. The summed E-state index contributed by atoms with van der Waals surface area (Å²) in [4.78, 5) is 16.5. The van der Waals surface area contributed by atoms with Crippen LogP contribution in [0.15, 0.2) is 51.4 Å². The van der Waals surface area contributed by atoms with Crippen LogP contribution in [-0.4, -0.2) is 142 Å². The molecule has 0 aromatic heterocycles. The summed E-state index contributed by atoms with van der Waals surface area (Å²) in [5, 5.41) is 82.2. The molecular weight excluding hydrogens is 706 g/mol. The lowest BCUT2D eigenvalue weighted by atomic mass is 9.81. The van der Waals surface area contributed by atoms with Gasteiger partial charge in [0, 0.05) is 6.20 Å². The number of aldehydes is 1. The Morgan fingerprint density at radius 2 is 1.65 bits per heavy atom. The Hall–Kier alpha value is -3.43.